The summed E-state index contributed by atoms with van der Waals surface area (Å²) in [7, 11) is 0. The molecule has 3 rings (SSSR count). The van der Waals surface area contributed by atoms with Gasteiger partial charge in [-0.2, -0.15) is 0 Å². The Bertz CT molecular complexity index is 328. The standard InChI is InChI=1S/C12H12O/c1-2-4-9(5-3-1)12-10-6-7-11(8-10)13-12/h1-7,10-12H,8H2. The molecule has 1 nitrogen and oxygen atoms in total. The number of rotatable bonds is 1. The fourth-order valence-corrected chi connectivity index (χ4v) is 2.28. The molecule has 1 saturated heterocycles. The van der Waals surface area contributed by atoms with Crippen LogP contribution in [0.25, 0.3) is 0 Å². The normalized spacial score (nSPS) is 35.5. The zero-order chi connectivity index (χ0) is 8.67. The van der Waals surface area contributed by atoms with Gasteiger partial charge in [-0.25, -0.2) is 0 Å². The largest absolute Gasteiger partial charge is 0.366 e. The summed E-state index contributed by atoms with van der Waals surface area (Å²) in [6.45, 7) is 0. The molecule has 1 aliphatic heterocycles. The first kappa shape index (κ1) is 7.34. The van der Waals surface area contributed by atoms with Crippen molar-refractivity contribution in [1.29, 1.82) is 0 Å². The quantitative estimate of drug-likeness (QED) is 0.592. The Morgan fingerprint density at radius 2 is 1.92 bits per heavy atom. The lowest BCUT2D eigenvalue weighted by Crippen LogP contribution is -2.08. The highest BCUT2D eigenvalue weighted by atomic mass is 16.5. The van der Waals surface area contributed by atoms with Crippen LogP contribution in [0.3, 0.4) is 0 Å². The van der Waals surface area contributed by atoms with E-state index in [0.29, 0.717) is 18.1 Å². The van der Waals surface area contributed by atoms with Gasteiger partial charge in [-0.05, 0) is 12.0 Å². The number of hydrogen-bond donors (Lipinski definition) is 0. The van der Waals surface area contributed by atoms with Crippen LogP contribution in [0, 0.1) is 5.92 Å². The molecule has 0 saturated carbocycles. The lowest BCUT2D eigenvalue weighted by molar-refractivity contribution is 0.0548. The molecule has 0 N–H and O–H groups in total. The van der Waals surface area contributed by atoms with Crippen molar-refractivity contribution < 1.29 is 4.74 Å². The van der Waals surface area contributed by atoms with Crippen molar-refractivity contribution in [1.82, 2.24) is 0 Å². The monoisotopic (exact) mass is 172 g/mol. The van der Waals surface area contributed by atoms with Gasteiger partial charge in [-0.3, -0.25) is 0 Å². The third kappa shape index (κ3) is 1.11. The Balaban J connectivity index is 1.92. The van der Waals surface area contributed by atoms with Crippen molar-refractivity contribution in [2.24, 2.45) is 5.92 Å². The predicted molar refractivity (Wildman–Crippen MR) is 51.3 cm³/mol. The molecule has 13 heavy (non-hydrogen) atoms. The third-order valence-corrected chi connectivity index (χ3v) is 2.92. The molecule has 0 amide bonds. The van der Waals surface area contributed by atoms with Crippen molar-refractivity contribution in [2.75, 3.05) is 0 Å². The second-order valence-corrected chi connectivity index (χ2v) is 3.79. The predicted octanol–water partition coefficient (Wildman–Crippen LogP) is 2.70. The zero-order valence-corrected chi connectivity index (χ0v) is 7.39. The van der Waals surface area contributed by atoms with E-state index < -0.39 is 0 Å². The number of benzene rings is 1. The first-order valence-corrected chi connectivity index (χ1v) is 4.82. The van der Waals surface area contributed by atoms with Crippen LogP contribution in [0.1, 0.15) is 18.1 Å². The maximum Gasteiger partial charge on any atom is 0.0896 e. The van der Waals surface area contributed by atoms with E-state index in [2.05, 4.69) is 36.4 Å². The second kappa shape index (κ2) is 2.71. The number of hydrogen-bond acceptors (Lipinski definition) is 1. The summed E-state index contributed by atoms with van der Waals surface area (Å²) < 4.78 is 5.86. The molecule has 0 radical (unpaired) electrons. The molecule has 2 bridgehead atoms. The molecule has 1 fully saturated rings. The lowest BCUT2D eigenvalue weighted by atomic mass is 9.97. The summed E-state index contributed by atoms with van der Waals surface area (Å²) in [4.78, 5) is 0. The van der Waals surface area contributed by atoms with Crippen LogP contribution in [0.4, 0.5) is 0 Å². The van der Waals surface area contributed by atoms with Crippen LogP contribution < -0.4 is 0 Å². The second-order valence-electron chi connectivity index (χ2n) is 3.79. The Morgan fingerprint density at radius 1 is 1.08 bits per heavy atom. The highest BCUT2D eigenvalue weighted by molar-refractivity contribution is 5.24. The maximum atomic E-state index is 5.86. The molecule has 1 heterocycles. The van der Waals surface area contributed by atoms with Crippen LogP contribution in [-0.2, 0) is 4.74 Å². The maximum absolute atomic E-state index is 5.86. The number of ether oxygens (including phenoxy) is 1. The lowest BCUT2D eigenvalue weighted by Gasteiger charge is -2.18. The van der Waals surface area contributed by atoms with Gasteiger partial charge in [0, 0.05) is 5.92 Å². The molecule has 3 atom stereocenters. The molecule has 3 unspecified atom stereocenters. The minimum absolute atomic E-state index is 0.316. The molecular weight excluding hydrogens is 160 g/mol. The Labute approximate surface area is 78.0 Å². The molecule has 0 aromatic heterocycles. The minimum atomic E-state index is 0.316. The van der Waals surface area contributed by atoms with E-state index in [9.17, 15) is 0 Å². The SMILES string of the molecule is C1=CC2CC1OC2c1ccccc1. The molecule has 1 aromatic rings. The average Bonchev–Trinajstić information content (AvgIpc) is 2.80. The van der Waals surface area contributed by atoms with Gasteiger partial charge in [-0.15, -0.1) is 0 Å². The van der Waals surface area contributed by atoms with Gasteiger partial charge in [0.2, 0.25) is 0 Å². The van der Waals surface area contributed by atoms with Crippen molar-refractivity contribution in [3.05, 3.63) is 48.0 Å². The van der Waals surface area contributed by atoms with E-state index >= 15 is 0 Å². The molecular formula is C12H12O. The van der Waals surface area contributed by atoms with E-state index in [4.69, 9.17) is 4.74 Å². The van der Waals surface area contributed by atoms with Gasteiger partial charge in [0.25, 0.3) is 0 Å². The fraction of sp³-hybridized carbons (Fsp3) is 0.333. The van der Waals surface area contributed by atoms with Gasteiger partial charge in [0.15, 0.2) is 0 Å². The fourth-order valence-electron chi connectivity index (χ4n) is 2.28. The van der Waals surface area contributed by atoms with Crippen molar-refractivity contribution >= 4 is 0 Å². The molecule has 1 heteroatoms. The van der Waals surface area contributed by atoms with Gasteiger partial charge >= 0.3 is 0 Å². The summed E-state index contributed by atoms with van der Waals surface area (Å²) in [5, 5.41) is 0. The van der Waals surface area contributed by atoms with Crippen LogP contribution in [0.15, 0.2) is 42.5 Å². The van der Waals surface area contributed by atoms with Crippen molar-refractivity contribution in [3.63, 3.8) is 0 Å². The minimum Gasteiger partial charge on any atom is -0.366 e. The van der Waals surface area contributed by atoms with Crippen LogP contribution in [0.2, 0.25) is 0 Å². The molecule has 0 spiro atoms. The van der Waals surface area contributed by atoms with Crippen LogP contribution in [0.5, 0.6) is 0 Å². The topological polar surface area (TPSA) is 9.23 Å². The summed E-state index contributed by atoms with van der Waals surface area (Å²) in [6, 6.07) is 10.5. The number of fused-ring (bicyclic) bond motifs is 2. The molecule has 2 aliphatic rings. The summed E-state index contributed by atoms with van der Waals surface area (Å²) in [6.07, 6.45) is 6.36. The summed E-state index contributed by atoms with van der Waals surface area (Å²) >= 11 is 0. The Morgan fingerprint density at radius 3 is 2.54 bits per heavy atom. The van der Waals surface area contributed by atoms with Gasteiger partial charge in [-0.1, -0.05) is 42.5 Å². The highest BCUT2D eigenvalue weighted by Crippen LogP contribution is 2.43. The van der Waals surface area contributed by atoms with Gasteiger partial charge in [0.1, 0.15) is 0 Å². The molecule has 1 aliphatic carbocycles. The van der Waals surface area contributed by atoms with Crippen molar-refractivity contribution in [3.8, 4) is 0 Å². The van der Waals surface area contributed by atoms with E-state index in [1.54, 1.807) is 0 Å². The van der Waals surface area contributed by atoms with Gasteiger partial charge < -0.3 is 4.74 Å². The van der Waals surface area contributed by atoms with Crippen molar-refractivity contribution in [2.45, 2.75) is 18.6 Å². The van der Waals surface area contributed by atoms with Crippen LogP contribution >= 0.6 is 0 Å². The average molecular weight is 172 g/mol. The Hall–Kier alpha value is -1.08. The van der Waals surface area contributed by atoms with Gasteiger partial charge in [0.05, 0.1) is 12.2 Å². The van der Waals surface area contributed by atoms with Crippen LogP contribution in [-0.4, -0.2) is 6.10 Å². The third-order valence-electron chi connectivity index (χ3n) is 2.92. The Kier molecular flexibility index (Phi) is 1.53. The van der Waals surface area contributed by atoms with E-state index in [1.807, 2.05) is 6.07 Å². The van der Waals surface area contributed by atoms with E-state index in [1.165, 1.54) is 12.0 Å². The smallest absolute Gasteiger partial charge is 0.0896 e. The highest BCUT2D eigenvalue weighted by Gasteiger charge is 2.37. The van der Waals surface area contributed by atoms with E-state index in [-0.39, 0.29) is 0 Å². The summed E-state index contributed by atoms with van der Waals surface area (Å²) in [5.74, 6) is 0.618. The molecule has 1 aromatic carbocycles. The zero-order valence-electron chi connectivity index (χ0n) is 7.39. The first-order chi connectivity index (χ1) is 6.43. The van der Waals surface area contributed by atoms with E-state index in [0.717, 1.165) is 0 Å². The first-order valence-electron chi connectivity index (χ1n) is 4.82. The molecule has 66 valence electrons. The summed E-state index contributed by atoms with van der Waals surface area (Å²) in [5.41, 5.74) is 1.32.